The Morgan fingerprint density at radius 1 is 1.17 bits per heavy atom. The van der Waals surface area contributed by atoms with Crippen LogP contribution in [0.15, 0.2) is 18.2 Å². The van der Waals surface area contributed by atoms with Gasteiger partial charge in [0.05, 0.1) is 0 Å². The third-order valence-corrected chi connectivity index (χ3v) is 4.36. The van der Waals surface area contributed by atoms with Crippen molar-refractivity contribution >= 4 is 0 Å². The predicted molar refractivity (Wildman–Crippen MR) is 75.8 cm³/mol. The largest absolute Gasteiger partial charge is 0.314 e. The molecule has 1 atom stereocenters. The molecule has 0 aromatic heterocycles. The topological polar surface area (TPSA) is 15.3 Å². The van der Waals surface area contributed by atoms with Crippen molar-refractivity contribution in [3.63, 3.8) is 0 Å². The van der Waals surface area contributed by atoms with Gasteiger partial charge in [-0.15, -0.1) is 0 Å². The molecule has 1 saturated heterocycles. The van der Waals surface area contributed by atoms with Crippen molar-refractivity contribution in [1.29, 1.82) is 0 Å². The number of piperazine rings is 1. The van der Waals surface area contributed by atoms with E-state index in [1.807, 2.05) is 0 Å². The molecule has 2 fully saturated rings. The Labute approximate surface area is 110 Å². The van der Waals surface area contributed by atoms with E-state index in [0.717, 1.165) is 19.0 Å². The monoisotopic (exact) mass is 244 g/mol. The van der Waals surface area contributed by atoms with Gasteiger partial charge in [-0.3, -0.25) is 4.90 Å². The molecule has 1 heterocycles. The third kappa shape index (κ3) is 2.45. The first-order valence-corrected chi connectivity index (χ1v) is 7.27. The number of rotatable bonds is 3. The standard InChI is InChI=1S/C16H24N2/c1-12-3-6-15(13(2)11-12)16(14-4-5-14)18-9-7-17-8-10-18/h3,6,11,14,16-17H,4-5,7-10H2,1-2H3/t16-/m1/s1. The fourth-order valence-corrected chi connectivity index (χ4v) is 3.28. The first-order chi connectivity index (χ1) is 8.75. The van der Waals surface area contributed by atoms with Crippen molar-refractivity contribution in [2.24, 2.45) is 5.92 Å². The van der Waals surface area contributed by atoms with Gasteiger partial charge in [0.15, 0.2) is 0 Å². The Morgan fingerprint density at radius 2 is 1.89 bits per heavy atom. The molecule has 2 aliphatic rings. The maximum absolute atomic E-state index is 3.46. The quantitative estimate of drug-likeness (QED) is 0.879. The lowest BCUT2D eigenvalue weighted by Crippen LogP contribution is -2.45. The molecule has 1 aromatic rings. The van der Waals surface area contributed by atoms with Gasteiger partial charge >= 0.3 is 0 Å². The Balaban J connectivity index is 1.88. The molecule has 0 bridgehead atoms. The second-order valence-corrected chi connectivity index (χ2v) is 5.93. The van der Waals surface area contributed by atoms with Crippen molar-refractivity contribution in [2.75, 3.05) is 26.2 Å². The van der Waals surface area contributed by atoms with Crippen LogP contribution in [0, 0.1) is 19.8 Å². The van der Waals surface area contributed by atoms with Crippen LogP contribution >= 0.6 is 0 Å². The number of nitrogens with one attached hydrogen (secondary N) is 1. The van der Waals surface area contributed by atoms with E-state index < -0.39 is 0 Å². The highest BCUT2D eigenvalue weighted by Gasteiger charge is 2.37. The molecule has 1 N–H and O–H groups in total. The van der Waals surface area contributed by atoms with Crippen LogP contribution in [0.3, 0.4) is 0 Å². The summed E-state index contributed by atoms with van der Waals surface area (Å²) < 4.78 is 0. The molecule has 1 aliphatic carbocycles. The molecular formula is C16H24N2. The predicted octanol–water partition coefficient (Wildman–Crippen LogP) is 2.66. The lowest BCUT2D eigenvalue weighted by atomic mass is 9.94. The summed E-state index contributed by atoms with van der Waals surface area (Å²) >= 11 is 0. The Hall–Kier alpha value is -0.860. The zero-order valence-electron chi connectivity index (χ0n) is 11.6. The van der Waals surface area contributed by atoms with Crippen molar-refractivity contribution in [3.05, 3.63) is 34.9 Å². The first-order valence-electron chi connectivity index (χ1n) is 7.27. The highest BCUT2D eigenvalue weighted by atomic mass is 15.2. The SMILES string of the molecule is Cc1ccc([C@@H](C2CC2)N2CCNCC2)c(C)c1. The summed E-state index contributed by atoms with van der Waals surface area (Å²) in [7, 11) is 0. The molecule has 18 heavy (non-hydrogen) atoms. The van der Waals surface area contributed by atoms with Crippen molar-refractivity contribution < 1.29 is 0 Å². The van der Waals surface area contributed by atoms with E-state index in [1.54, 1.807) is 5.56 Å². The Kier molecular flexibility index (Phi) is 3.40. The van der Waals surface area contributed by atoms with Crippen LogP contribution in [0.2, 0.25) is 0 Å². The van der Waals surface area contributed by atoms with E-state index in [4.69, 9.17) is 0 Å². The van der Waals surface area contributed by atoms with Crippen LogP contribution in [-0.4, -0.2) is 31.1 Å². The summed E-state index contributed by atoms with van der Waals surface area (Å²) in [5, 5.41) is 3.46. The Bertz CT molecular complexity index is 417. The van der Waals surface area contributed by atoms with Gasteiger partial charge in [-0.2, -0.15) is 0 Å². The molecule has 98 valence electrons. The normalized spacial score (nSPS) is 23.0. The van der Waals surface area contributed by atoms with E-state index in [-0.39, 0.29) is 0 Å². The fraction of sp³-hybridized carbons (Fsp3) is 0.625. The van der Waals surface area contributed by atoms with Gasteiger partial charge in [0.1, 0.15) is 0 Å². The molecule has 2 nitrogen and oxygen atoms in total. The van der Waals surface area contributed by atoms with Crippen LogP contribution in [-0.2, 0) is 0 Å². The lowest BCUT2D eigenvalue weighted by molar-refractivity contribution is 0.155. The maximum atomic E-state index is 3.46. The average Bonchev–Trinajstić information content (AvgIpc) is 3.18. The van der Waals surface area contributed by atoms with Gasteiger partial charge in [-0.1, -0.05) is 23.8 Å². The third-order valence-electron chi connectivity index (χ3n) is 4.36. The zero-order valence-corrected chi connectivity index (χ0v) is 11.6. The summed E-state index contributed by atoms with van der Waals surface area (Å²) in [5.74, 6) is 0.907. The molecule has 2 heteroatoms. The van der Waals surface area contributed by atoms with E-state index in [2.05, 4.69) is 42.3 Å². The number of benzene rings is 1. The van der Waals surface area contributed by atoms with Gasteiger partial charge in [-0.25, -0.2) is 0 Å². The molecule has 1 aromatic carbocycles. The van der Waals surface area contributed by atoms with Crippen LogP contribution in [0.5, 0.6) is 0 Å². The molecule has 0 spiro atoms. The second-order valence-electron chi connectivity index (χ2n) is 5.93. The zero-order chi connectivity index (χ0) is 12.5. The minimum absolute atomic E-state index is 0.674. The molecule has 0 unspecified atom stereocenters. The highest BCUT2D eigenvalue weighted by Crippen LogP contribution is 2.45. The van der Waals surface area contributed by atoms with Gasteiger partial charge in [0.2, 0.25) is 0 Å². The van der Waals surface area contributed by atoms with Gasteiger partial charge in [0.25, 0.3) is 0 Å². The lowest BCUT2D eigenvalue weighted by Gasteiger charge is -2.36. The smallest absolute Gasteiger partial charge is 0.0379 e. The van der Waals surface area contributed by atoms with Gasteiger partial charge < -0.3 is 5.32 Å². The number of aryl methyl sites for hydroxylation is 2. The highest BCUT2D eigenvalue weighted by molar-refractivity contribution is 5.34. The van der Waals surface area contributed by atoms with E-state index in [0.29, 0.717) is 6.04 Å². The number of nitrogens with zero attached hydrogens (tertiary/aromatic N) is 1. The van der Waals surface area contributed by atoms with Crippen LogP contribution in [0.1, 0.15) is 35.6 Å². The van der Waals surface area contributed by atoms with Crippen LogP contribution in [0.25, 0.3) is 0 Å². The second kappa shape index (κ2) is 5.02. The van der Waals surface area contributed by atoms with E-state index in [9.17, 15) is 0 Å². The Morgan fingerprint density at radius 3 is 2.50 bits per heavy atom. The molecule has 0 amide bonds. The molecule has 0 radical (unpaired) electrons. The molecule has 1 saturated carbocycles. The van der Waals surface area contributed by atoms with E-state index in [1.165, 1.54) is 37.1 Å². The first kappa shape index (κ1) is 12.2. The summed E-state index contributed by atoms with van der Waals surface area (Å²) in [4.78, 5) is 2.70. The molecular weight excluding hydrogens is 220 g/mol. The molecule has 3 rings (SSSR count). The number of hydrogen-bond donors (Lipinski definition) is 1. The van der Waals surface area contributed by atoms with Gasteiger partial charge in [0, 0.05) is 32.2 Å². The fourth-order valence-electron chi connectivity index (χ4n) is 3.28. The summed E-state index contributed by atoms with van der Waals surface area (Å²) in [6, 6.07) is 7.66. The summed E-state index contributed by atoms with van der Waals surface area (Å²) in [6.07, 6.45) is 2.84. The number of hydrogen-bond acceptors (Lipinski definition) is 2. The summed E-state index contributed by atoms with van der Waals surface area (Å²) in [6.45, 7) is 9.17. The maximum Gasteiger partial charge on any atom is 0.0379 e. The average molecular weight is 244 g/mol. The minimum Gasteiger partial charge on any atom is -0.314 e. The van der Waals surface area contributed by atoms with Crippen molar-refractivity contribution in [1.82, 2.24) is 10.2 Å². The van der Waals surface area contributed by atoms with Gasteiger partial charge in [-0.05, 0) is 43.7 Å². The van der Waals surface area contributed by atoms with Crippen LogP contribution < -0.4 is 5.32 Å². The summed E-state index contributed by atoms with van der Waals surface area (Å²) in [5.41, 5.74) is 4.43. The minimum atomic E-state index is 0.674. The van der Waals surface area contributed by atoms with Crippen LogP contribution in [0.4, 0.5) is 0 Å². The van der Waals surface area contributed by atoms with Crippen molar-refractivity contribution in [2.45, 2.75) is 32.7 Å². The van der Waals surface area contributed by atoms with Crippen molar-refractivity contribution in [3.8, 4) is 0 Å². The van der Waals surface area contributed by atoms with E-state index >= 15 is 0 Å². The molecule has 1 aliphatic heterocycles.